The molecule has 4 aliphatic rings. The van der Waals surface area contributed by atoms with Gasteiger partial charge in [0.15, 0.2) is 23.0 Å². The fourth-order valence-electron chi connectivity index (χ4n) is 8.17. The van der Waals surface area contributed by atoms with Crippen molar-refractivity contribution in [2.24, 2.45) is 0 Å². The van der Waals surface area contributed by atoms with Crippen LogP contribution in [-0.2, 0) is 58.7 Å². The number of hydrogen-bond acceptors (Lipinski definition) is 10. The highest BCUT2D eigenvalue weighted by Gasteiger charge is 2.52. The maximum atomic E-state index is 13.2. The number of anilines is 1. The lowest BCUT2D eigenvalue weighted by molar-refractivity contribution is -0.143. The van der Waals surface area contributed by atoms with E-state index in [-0.39, 0.29) is 50.1 Å². The Morgan fingerprint density at radius 2 is 1.10 bits per heavy atom. The molecule has 2 aliphatic carbocycles. The van der Waals surface area contributed by atoms with E-state index in [4.69, 9.17) is 28.4 Å². The van der Waals surface area contributed by atoms with Gasteiger partial charge in [0.25, 0.3) is 0 Å². The highest BCUT2D eigenvalue weighted by molar-refractivity contribution is 6.03. The molecule has 10 rings (SSSR count). The summed E-state index contributed by atoms with van der Waals surface area (Å²) in [5, 5.41) is 4.98. The van der Waals surface area contributed by atoms with Crippen LogP contribution in [0.25, 0.3) is 21.8 Å². The van der Waals surface area contributed by atoms with Gasteiger partial charge in [0.1, 0.15) is 5.78 Å². The summed E-state index contributed by atoms with van der Waals surface area (Å²) < 4.78 is 31.7. The number of carbonyl (C=O) groups is 4. The highest BCUT2D eigenvalue weighted by Crippen LogP contribution is 2.52. The smallest absolute Gasteiger partial charge is 0.311 e. The van der Waals surface area contributed by atoms with Crippen LogP contribution in [0.2, 0.25) is 0 Å². The molecule has 0 atom stereocenters. The first-order valence-electron chi connectivity index (χ1n) is 20.3. The van der Waals surface area contributed by atoms with Crippen LogP contribution in [0.1, 0.15) is 67.6 Å². The topological polar surface area (TPSA) is 167 Å². The summed E-state index contributed by atoms with van der Waals surface area (Å²) in [4.78, 5) is 56.2. The molecule has 308 valence electrons. The molecule has 13 heteroatoms. The van der Waals surface area contributed by atoms with Crippen molar-refractivity contribution in [1.29, 1.82) is 0 Å². The molecule has 6 aromatic rings. The largest absolute Gasteiger partial charge is 0.466 e. The quantitative estimate of drug-likeness (QED) is 0.0993. The number of esters is 2. The second-order valence-corrected chi connectivity index (χ2v) is 15.6. The number of aromatic amines is 2. The zero-order valence-electron chi connectivity index (χ0n) is 33.4. The summed E-state index contributed by atoms with van der Waals surface area (Å²) in [6.45, 7) is 4.76. The highest BCUT2D eigenvalue weighted by atomic mass is 16.7. The van der Waals surface area contributed by atoms with Gasteiger partial charge in [0.05, 0.1) is 36.9 Å². The van der Waals surface area contributed by atoms with E-state index >= 15 is 0 Å². The third-order valence-corrected chi connectivity index (χ3v) is 11.6. The van der Waals surface area contributed by atoms with Crippen LogP contribution in [-0.4, -0.2) is 60.4 Å². The number of benzene rings is 4. The number of nitrogens with one attached hydrogen (secondary N) is 3. The number of ketones is 1. The van der Waals surface area contributed by atoms with Crippen molar-refractivity contribution in [2.45, 2.75) is 69.6 Å². The maximum absolute atomic E-state index is 13.2. The Hall–Kier alpha value is -6.76. The third kappa shape index (κ3) is 7.74. The van der Waals surface area contributed by atoms with E-state index < -0.39 is 10.8 Å². The summed E-state index contributed by atoms with van der Waals surface area (Å²) in [5.41, 5.74) is 6.16. The summed E-state index contributed by atoms with van der Waals surface area (Å²) in [5.74, 6) is 2.54. The lowest BCUT2D eigenvalue weighted by Crippen LogP contribution is -2.27. The maximum Gasteiger partial charge on any atom is 0.311 e. The number of Topliss-reactive ketones (excluding diaryl/α,β-unsaturated/α-hetero) is 1. The van der Waals surface area contributed by atoms with Gasteiger partial charge in [0.2, 0.25) is 19.5 Å². The van der Waals surface area contributed by atoms with Crippen LogP contribution in [0.5, 0.6) is 23.0 Å². The molecule has 2 fully saturated rings. The van der Waals surface area contributed by atoms with E-state index in [2.05, 4.69) is 15.3 Å². The molecule has 0 spiro atoms. The Bertz CT molecular complexity index is 2470. The Morgan fingerprint density at radius 1 is 0.583 bits per heavy atom. The minimum atomic E-state index is -0.525. The lowest BCUT2D eigenvalue weighted by atomic mass is 9.87. The van der Waals surface area contributed by atoms with E-state index in [1.165, 1.54) is 0 Å². The van der Waals surface area contributed by atoms with Gasteiger partial charge < -0.3 is 43.7 Å². The molecule has 0 bridgehead atoms. The van der Waals surface area contributed by atoms with Crippen LogP contribution < -0.4 is 24.3 Å². The van der Waals surface area contributed by atoms with Crippen molar-refractivity contribution < 1.29 is 47.6 Å². The molecule has 0 unspecified atom stereocenters. The zero-order valence-corrected chi connectivity index (χ0v) is 33.4. The molecular formula is C47H45N3O10. The molecule has 0 radical (unpaired) electrons. The number of hydrogen-bond donors (Lipinski definition) is 3. The van der Waals surface area contributed by atoms with Crippen LogP contribution >= 0.6 is 0 Å². The van der Waals surface area contributed by atoms with E-state index in [1.54, 1.807) is 13.8 Å². The average Bonchev–Trinajstić information content (AvgIpc) is 3.97. The molecule has 2 saturated carbocycles. The average molecular weight is 812 g/mol. The molecule has 4 aromatic carbocycles. The summed E-state index contributed by atoms with van der Waals surface area (Å²) in [6, 6.07) is 27.0. The van der Waals surface area contributed by atoms with Crippen molar-refractivity contribution >= 4 is 51.1 Å². The van der Waals surface area contributed by atoms with Gasteiger partial charge in [-0.25, -0.2) is 0 Å². The molecular weight excluding hydrogens is 767 g/mol. The molecule has 60 heavy (non-hydrogen) atoms. The predicted molar refractivity (Wildman–Crippen MR) is 222 cm³/mol. The molecule has 4 heterocycles. The fourth-order valence-corrected chi connectivity index (χ4v) is 8.17. The number of amides is 1. The minimum Gasteiger partial charge on any atom is -0.466 e. The van der Waals surface area contributed by atoms with Crippen LogP contribution in [0.3, 0.4) is 0 Å². The number of rotatable bonds is 13. The summed E-state index contributed by atoms with van der Waals surface area (Å²) in [6.07, 6.45) is 4.11. The zero-order chi connectivity index (χ0) is 41.4. The van der Waals surface area contributed by atoms with Gasteiger partial charge in [0, 0.05) is 39.9 Å². The second-order valence-electron chi connectivity index (χ2n) is 15.6. The predicted octanol–water partition coefficient (Wildman–Crippen LogP) is 7.52. The third-order valence-electron chi connectivity index (χ3n) is 11.6. The number of fused-ring (bicyclic) bond motifs is 4. The Balaban J connectivity index is 0.000000154. The first-order valence-corrected chi connectivity index (χ1v) is 20.3. The van der Waals surface area contributed by atoms with E-state index in [1.807, 2.05) is 84.9 Å². The van der Waals surface area contributed by atoms with Crippen LogP contribution in [0.4, 0.5) is 5.69 Å². The number of H-pyrrole nitrogens is 2. The van der Waals surface area contributed by atoms with Gasteiger partial charge in [-0.05, 0) is 128 Å². The monoisotopic (exact) mass is 811 g/mol. The van der Waals surface area contributed by atoms with Crippen LogP contribution in [0, 0.1) is 0 Å². The number of ether oxygens (including phenoxy) is 6. The second kappa shape index (κ2) is 15.8. The SMILES string of the molecule is CCOC(=O)Cc1cc2cc(CC(=O)C3(c4ccc5c(c4)OCO5)CC3)ccc2[nH]1.CCOC(=O)Cc1cc2cc(NC(=O)C3(c4ccc5c(c4)OCO5)CC3)ccc2[nH]1. The van der Waals surface area contributed by atoms with E-state index in [9.17, 15) is 19.2 Å². The minimum absolute atomic E-state index is 0.0250. The molecule has 0 saturated heterocycles. The van der Waals surface area contributed by atoms with Gasteiger partial charge in [-0.3, -0.25) is 19.2 Å². The number of carbonyl (C=O) groups excluding carboxylic acids is 4. The van der Waals surface area contributed by atoms with Crippen molar-refractivity contribution in [3.05, 3.63) is 113 Å². The first kappa shape index (κ1) is 38.7. The normalized spacial score (nSPS) is 15.8. The molecule has 2 aliphatic heterocycles. The van der Waals surface area contributed by atoms with E-state index in [0.717, 1.165) is 92.8 Å². The van der Waals surface area contributed by atoms with Crippen LogP contribution in [0.15, 0.2) is 84.9 Å². The standard InChI is InChI=1S/C24H23NO5.C23H22N2O5/c1-2-28-23(27)13-18-11-16-9-15(3-5-19(16)25-18)10-22(26)24(7-8-24)17-4-6-20-21(12-17)30-14-29-20;1-2-28-21(26)12-17-10-14-9-16(4-5-18(14)24-17)25-22(27)23(7-8-23)15-3-6-19-20(11-15)30-13-29-19/h3-6,9,11-12,25H,2,7-8,10,13-14H2,1H3;3-6,9-11,24H,2,7-8,12-13H2,1H3,(H,25,27). The fraction of sp³-hybridized carbons (Fsp3) is 0.319. The summed E-state index contributed by atoms with van der Waals surface area (Å²) in [7, 11) is 0. The van der Waals surface area contributed by atoms with Crippen molar-refractivity contribution in [1.82, 2.24) is 9.97 Å². The Kier molecular flexibility index (Phi) is 10.2. The Morgan fingerprint density at radius 3 is 1.65 bits per heavy atom. The van der Waals surface area contributed by atoms with Gasteiger partial charge >= 0.3 is 11.9 Å². The summed E-state index contributed by atoms with van der Waals surface area (Å²) >= 11 is 0. The Labute approximate surface area is 345 Å². The first-order chi connectivity index (χ1) is 29.1. The van der Waals surface area contributed by atoms with Crippen molar-refractivity contribution in [2.75, 3.05) is 32.1 Å². The molecule has 3 N–H and O–H groups in total. The van der Waals surface area contributed by atoms with Gasteiger partial charge in [-0.15, -0.1) is 0 Å². The molecule has 1 amide bonds. The van der Waals surface area contributed by atoms with Gasteiger partial charge in [-0.2, -0.15) is 0 Å². The lowest BCUT2D eigenvalue weighted by Gasteiger charge is -2.16. The molecule has 13 nitrogen and oxygen atoms in total. The number of aromatic nitrogens is 2. The van der Waals surface area contributed by atoms with Gasteiger partial charge in [-0.1, -0.05) is 18.2 Å². The van der Waals surface area contributed by atoms with E-state index in [0.29, 0.717) is 31.1 Å². The molecule has 2 aromatic heterocycles. The van der Waals surface area contributed by atoms with Crippen molar-refractivity contribution in [3.8, 4) is 23.0 Å². The van der Waals surface area contributed by atoms with Crippen molar-refractivity contribution in [3.63, 3.8) is 0 Å².